The molecule has 0 unspecified atom stereocenters. The van der Waals surface area contributed by atoms with Gasteiger partial charge in [-0.15, -0.1) is 0 Å². The molecule has 28 heavy (non-hydrogen) atoms. The summed E-state index contributed by atoms with van der Waals surface area (Å²) in [6.45, 7) is 8.82. The van der Waals surface area contributed by atoms with Gasteiger partial charge in [-0.25, -0.2) is 4.39 Å². The Kier molecular flexibility index (Phi) is 6.84. The quantitative estimate of drug-likeness (QED) is 0.769. The Morgan fingerprint density at radius 1 is 1.21 bits per heavy atom. The van der Waals surface area contributed by atoms with Gasteiger partial charge < -0.3 is 5.32 Å². The standard InChI is InChI=1S/C24H31FN2O/c1-4-23(22-12-7-17(2)14-18(22)3)26-24(28)20-6-5-13-27(16-20)15-19-8-10-21(25)11-9-19/h7-12,14,20,23H,4-6,13,15-16H2,1-3H3,(H,26,28)/t20-,23-/m1/s1. The Bertz CT molecular complexity index is 803. The first kappa shape index (κ1) is 20.5. The summed E-state index contributed by atoms with van der Waals surface area (Å²) < 4.78 is 13.1. The first-order valence-electron chi connectivity index (χ1n) is 10.3. The van der Waals surface area contributed by atoms with Crippen molar-refractivity contribution in [3.63, 3.8) is 0 Å². The summed E-state index contributed by atoms with van der Waals surface area (Å²) in [6, 6.07) is 13.1. The highest BCUT2D eigenvalue weighted by molar-refractivity contribution is 5.79. The summed E-state index contributed by atoms with van der Waals surface area (Å²) in [7, 11) is 0. The van der Waals surface area contributed by atoms with Crippen molar-refractivity contribution in [2.75, 3.05) is 13.1 Å². The molecule has 1 fully saturated rings. The number of benzene rings is 2. The van der Waals surface area contributed by atoms with E-state index in [1.54, 1.807) is 0 Å². The molecule has 0 spiro atoms. The maximum atomic E-state index is 13.1. The van der Waals surface area contributed by atoms with E-state index >= 15 is 0 Å². The number of aryl methyl sites for hydroxylation is 2. The first-order chi connectivity index (χ1) is 13.5. The molecular weight excluding hydrogens is 351 g/mol. The largest absolute Gasteiger partial charge is 0.349 e. The third-order valence-electron chi connectivity index (χ3n) is 5.72. The number of halogens is 1. The van der Waals surface area contributed by atoms with Crippen LogP contribution in [0, 0.1) is 25.6 Å². The molecule has 2 atom stereocenters. The zero-order valence-electron chi connectivity index (χ0n) is 17.2. The molecule has 0 aliphatic carbocycles. The van der Waals surface area contributed by atoms with Crippen LogP contribution >= 0.6 is 0 Å². The zero-order valence-corrected chi connectivity index (χ0v) is 17.2. The molecule has 150 valence electrons. The van der Waals surface area contributed by atoms with Crippen LogP contribution < -0.4 is 5.32 Å². The van der Waals surface area contributed by atoms with Crippen LogP contribution in [0.4, 0.5) is 4.39 Å². The number of likely N-dealkylation sites (tertiary alicyclic amines) is 1. The van der Waals surface area contributed by atoms with Crippen molar-refractivity contribution < 1.29 is 9.18 Å². The van der Waals surface area contributed by atoms with E-state index in [1.807, 2.05) is 12.1 Å². The summed E-state index contributed by atoms with van der Waals surface area (Å²) >= 11 is 0. The number of carbonyl (C=O) groups is 1. The van der Waals surface area contributed by atoms with Gasteiger partial charge in [0.25, 0.3) is 0 Å². The van der Waals surface area contributed by atoms with Gasteiger partial charge in [0.05, 0.1) is 12.0 Å². The monoisotopic (exact) mass is 382 g/mol. The van der Waals surface area contributed by atoms with Gasteiger partial charge in [0.1, 0.15) is 5.82 Å². The number of amides is 1. The molecule has 1 amide bonds. The van der Waals surface area contributed by atoms with Crippen LogP contribution in [-0.2, 0) is 11.3 Å². The normalized spacial score (nSPS) is 18.6. The van der Waals surface area contributed by atoms with Gasteiger partial charge in [-0.1, -0.05) is 42.8 Å². The lowest BCUT2D eigenvalue weighted by Gasteiger charge is -2.33. The van der Waals surface area contributed by atoms with Crippen LogP contribution in [0.3, 0.4) is 0 Å². The highest BCUT2D eigenvalue weighted by Crippen LogP contribution is 2.24. The molecule has 1 N–H and O–H groups in total. The Morgan fingerprint density at radius 2 is 1.96 bits per heavy atom. The fourth-order valence-corrected chi connectivity index (χ4v) is 4.17. The second-order valence-corrected chi connectivity index (χ2v) is 8.03. The Labute approximate surface area is 167 Å². The predicted octanol–water partition coefficient (Wildman–Crippen LogP) is 4.92. The van der Waals surface area contributed by atoms with Gasteiger partial charge >= 0.3 is 0 Å². The number of nitrogens with zero attached hydrogens (tertiary/aromatic N) is 1. The average Bonchev–Trinajstić information content (AvgIpc) is 2.68. The SMILES string of the molecule is CC[C@@H](NC(=O)[C@@H]1CCCN(Cc2ccc(F)cc2)C1)c1ccc(C)cc1C. The Morgan fingerprint density at radius 3 is 2.64 bits per heavy atom. The Balaban J connectivity index is 1.61. The molecular formula is C24H31FN2O. The van der Waals surface area contributed by atoms with Crippen molar-refractivity contribution in [2.24, 2.45) is 5.92 Å². The molecule has 3 rings (SSSR count). The van der Waals surface area contributed by atoms with Crippen molar-refractivity contribution in [2.45, 2.75) is 52.6 Å². The third kappa shape index (κ3) is 5.20. The molecule has 0 saturated carbocycles. The van der Waals surface area contributed by atoms with E-state index in [0.29, 0.717) is 0 Å². The summed E-state index contributed by atoms with van der Waals surface area (Å²) in [4.78, 5) is 15.3. The minimum Gasteiger partial charge on any atom is -0.349 e. The molecule has 2 aromatic rings. The molecule has 4 heteroatoms. The van der Waals surface area contributed by atoms with Crippen LogP contribution in [0.15, 0.2) is 42.5 Å². The maximum absolute atomic E-state index is 13.1. The van der Waals surface area contributed by atoms with E-state index in [2.05, 4.69) is 49.2 Å². The molecule has 1 aliphatic rings. The lowest BCUT2D eigenvalue weighted by Crippen LogP contribution is -2.43. The van der Waals surface area contributed by atoms with Crippen LogP contribution in [0.25, 0.3) is 0 Å². The van der Waals surface area contributed by atoms with Crippen LogP contribution in [0.2, 0.25) is 0 Å². The smallest absolute Gasteiger partial charge is 0.224 e. The summed E-state index contributed by atoms with van der Waals surface area (Å²) in [6.07, 6.45) is 2.82. The highest BCUT2D eigenvalue weighted by atomic mass is 19.1. The minimum absolute atomic E-state index is 0.00834. The van der Waals surface area contributed by atoms with E-state index in [0.717, 1.165) is 44.5 Å². The molecule has 3 nitrogen and oxygen atoms in total. The number of rotatable bonds is 6. The topological polar surface area (TPSA) is 32.3 Å². The van der Waals surface area contributed by atoms with Crippen molar-refractivity contribution in [3.05, 3.63) is 70.5 Å². The zero-order chi connectivity index (χ0) is 20.1. The number of carbonyl (C=O) groups excluding carboxylic acids is 1. The molecule has 0 bridgehead atoms. The van der Waals surface area contributed by atoms with Crippen LogP contribution in [0.5, 0.6) is 0 Å². The number of hydrogen-bond donors (Lipinski definition) is 1. The second kappa shape index (κ2) is 9.33. The number of piperidine rings is 1. The second-order valence-electron chi connectivity index (χ2n) is 8.03. The van der Waals surface area contributed by atoms with Gasteiger partial charge in [-0.2, -0.15) is 0 Å². The van der Waals surface area contributed by atoms with Crippen molar-refractivity contribution in [1.29, 1.82) is 0 Å². The van der Waals surface area contributed by atoms with Crippen molar-refractivity contribution in [3.8, 4) is 0 Å². The molecule has 1 aliphatic heterocycles. The molecule has 2 aromatic carbocycles. The van der Waals surface area contributed by atoms with Gasteiger partial charge in [0.2, 0.25) is 5.91 Å². The highest BCUT2D eigenvalue weighted by Gasteiger charge is 2.27. The van der Waals surface area contributed by atoms with Gasteiger partial charge in [0.15, 0.2) is 0 Å². The first-order valence-corrected chi connectivity index (χ1v) is 10.3. The average molecular weight is 383 g/mol. The van der Waals surface area contributed by atoms with E-state index in [9.17, 15) is 9.18 Å². The minimum atomic E-state index is -0.211. The van der Waals surface area contributed by atoms with E-state index in [4.69, 9.17) is 0 Å². The Hall–Kier alpha value is -2.20. The van der Waals surface area contributed by atoms with E-state index in [1.165, 1.54) is 28.8 Å². The van der Waals surface area contributed by atoms with Crippen LogP contribution in [0.1, 0.15) is 54.5 Å². The van der Waals surface area contributed by atoms with Crippen molar-refractivity contribution in [1.82, 2.24) is 10.2 Å². The van der Waals surface area contributed by atoms with E-state index in [-0.39, 0.29) is 23.7 Å². The lowest BCUT2D eigenvalue weighted by atomic mass is 9.94. The third-order valence-corrected chi connectivity index (χ3v) is 5.72. The molecule has 0 aromatic heterocycles. The summed E-state index contributed by atoms with van der Waals surface area (Å²) in [5.41, 5.74) is 4.77. The summed E-state index contributed by atoms with van der Waals surface area (Å²) in [5.74, 6) is -0.0544. The number of nitrogens with one attached hydrogen (secondary N) is 1. The molecule has 0 radical (unpaired) electrons. The van der Waals surface area contributed by atoms with Crippen molar-refractivity contribution >= 4 is 5.91 Å². The number of hydrogen-bond acceptors (Lipinski definition) is 2. The van der Waals surface area contributed by atoms with Crippen LogP contribution in [-0.4, -0.2) is 23.9 Å². The fraction of sp³-hybridized carbons (Fsp3) is 0.458. The predicted molar refractivity (Wildman–Crippen MR) is 111 cm³/mol. The van der Waals surface area contributed by atoms with Gasteiger partial charge in [-0.3, -0.25) is 9.69 Å². The van der Waals surface area contributed by atoms with Gasteiger partial charge in [0, 0.05) is 13.1 Å². The maximum Gasteiger partial charge on any atom is 0.224 e. The summed E-state index contributed by atoms with van der Waals surface area (Å²) in [5, 5.41) is 3.29. The lowest BCUT2D eigenvalue weighted by molar-refractivity contribution is -0.127. The van der Waals surface area contributed by atoms with Gasteiger partial charge in [-0.05, 0) is 68.5 Å². The molecule has 1 saturated heterocycles. The fourth-order valence-electron chi connectivity index (χ4n) is 4.17. The van der Waals surface area contributed by atoms with E-state index < -0.39 is 0 Å². The molecule has 1 heterocycles.